The van der Waals surface area contributed by atoms with Crippen molar-refractivity contribution in [3.63, 3.8) is 0 Å². The smallest absolute Gasteiger partial charge is 0.748 e. The van der Waals surface area contributed by atoms with Crippen molar-refractivity contribution in [2.75, 3.05) is 29.5 Å². The molecule has 66 heavy (non-hydrogen) atoms. The third kappa shape index (κ3) is 11.9. The first-order valence-corrected chi connectivity index (χ1v) is 24.1. The number of unbranched alkanes of at least 4 members (excludes halogenated alkanes) is 2. The van der Waals surface area contributed by atoms with E-state index < -0.39 is 78.1 Å². The Morgan fingerprint density at radius 3 is 1.70 bits per heavy atom. The summed E-state index contributed by atoms with van der Waals surface area (Å²) in [5, 5.41) is 0.965. The van der Waals surface area contributed by atoms with E-state index in [4.69, 9.17) is 9.68 Å². The van der Waals surface area contributed by atoms with E-state index in [9.17, 15) is 54.7 Å². The molecule has 0 spiro atoms. The first-order chi connectivity index (χ1) is 30.5. The van der Waals surface area contributed by atoms with E-state index in [0.717, 1.165) is 33.9 Å². The number of amides is 4. The Morgan fingerprint density at radius 2 is 1.15 bits per heavy atom. The monoisotopic (exact) mass is 956 g/mol. The number of hydrogen-bond acceptors (Lipinski definition) is 15. The molecule has 0 aliphatic carbocycles. The summed E-state index contributed by atoms with van der Waals surface area (Å²) in [6.07, 6.45) is 13.6. The largest absolute Gasteiger partial charge is 1.00 e. The van der Waals surface area contributed by atoms with Gasteiger partial charge in [-0.2, -0.15) is 4.58 Å². The van der Waals surface area contributed by atoms with Gasteiger partial charge in [-0.25, -0.2) is 26.4 Å². The Labute approximate surface area is 405 Å². The first kappa shape index (κ1) is 51.9. The van der Waals surface area contributed by atoms with Crippen molar-refractivity contribution in [2.45, 2.75) is 89.9 Å². The van der Waals surface area contributed by atoms with E-state index in [-0.39, 0.29) is 79.2 Å². The fourth-order valence-corrected chi connectivity index (χ4v) is 9.37. The molecule has 2 fully saturated rings. The van der Waals surface area contributed by atoms with Gasteiger partial charge in [0.2, 0.25) is 5.69 Å². The summed E-state index contributed by atoms with van der Waals surface area (Å²) in [4.78, 5) is 86.8. The van der Waals surface area contributed by atoms with Crippen LogP contribution in [0.25, 0.3) is 0 Å². The minimum Gasteiger partial charge on any atom is -0.748 e. The molecule has 0 unspecified atom stereocenters. The molecule has 0 radical (unpaired) electrons. The van der Waals surface area contributed by atoms with E-state index in [1.165, 1.54) is 12.1 Å². The Morgan fingerprint density at radius 1 is 0.667 bits per heavy atom. The molecule has 6 rings (SSSR count). The number of hydrogen-bond donors (Lipinski definition) is 0. The zero-order valence-electron chi connectivity index (χ0n) is 37.3. The van der Waals surface area contributed by atoms with E-state index in [1.54, 1.807) is 42.5 Å². The molecular formula is C45H49N4NaO14S2. The number of anilines is 1. The zero-order chi connectivity index (χ0) is 47.5. The van der Waals surface area contributed by atoms with Crippen molar-refractivity contribution < 1.29 is 98.5 Å². The molecule has 4 amide bonds. The van der Waals surface area contributed by atoms with Gasteiger partial charge < -0.3 is 23.7 Å². The number of fused-ring (bicyclic) bond motifs is 2. The van der Waals surface area contributed by atoms with E-state index in [0.29, 0.717) is 36.1 Å². The maximum absolute atomic E-state index is 13.1. The molecule has 4 aliphatic rings. The van der Waals surface area contributed by atoms with Gasteiger partial charge in [-0.15, -0.1) is 10.1 Å². The van der Waals surface area contributed by atoms with Gasteiger partial charge in [-0.05, 0) is 75.1 Å². The number of carbonyl (C=O) groups excluding carboxylic acids is 6. The van der Waals surface area contributed by atoms with Gasteiger partial charge in [-0.1, -0.05) is 44.2 Å². The summed E-state index contributed by atoms with van der Waals surface area (Å²) < 4.78 is 69.8. The molecular weight excluding hydrogens is 908 g/mol. The van der Waals surface area contributed by atoms with E-state index in [1.807, 2.05) is 61.5 Å². The number of allylic oxidation sites excluding steroid dienone is 8. The van der Waals surface area contributed by atoms with Crippen LogP contribution in [0.2, 0.25) is 0 Å². The second-order valence-corrected chi connectivity index (χ2v) is 20.0. The van der Waals surface area contributed by atoms with Crippen molar-refractivity contribution in [2.24, 2.45) is 0 Å². The van der Waals surface area contributed by atoms with Crippen molar-refractivity contribution in [1.82, 2.24) is 10.1 Å². The molecule has 0 bridgehead atoms. The molecule has 2 aromatic rings. The fraction of sp³-hybridized carbons (Fsp3) is 0.400. The summed E-state index contributed by atoms with van der Waals surface area (Å²) in [6, 6.07) is 9.71. The summed E-state index contributed by atoms with van der Waals surface area (Å²) in [5.41, 5.74) is 3.37. The quantitative estimate of drug-likeness (QED) is 0.0513. The maximum atomic E-state index is 13.1. The molecule has 0 atom stereocenters. The van der Waals surface area contributed by atoms with Crippen molar-refractivity contribution in [1.29, 1.82) is 0 Å². The molecule has 346 valence electrons. The molecule has 4 aliphatic heterocycles. The number of benzene rings is 2. The van der Waals surface area contributed by atoms with Gasteiger partial charge in [0, 0.05) is 84.7 Å². The van der Waals surface area contributed by atoms with E-state index in [2.05, 4.69) is 0 Å². The topological polar surface area (TPSA) is 248 Å². The second-order valence-electron chi connectivity index (χ2n) is 16.9. The number of rotatable bonds is 18. The van der Waals surface area contributed by atoms with Crippen molar-refractivity contribution in [3.8, 4) is 0 Å². The first-order valence-electron chi connectivity index (χ1n) is 21.0. The number of nitrogens with zero attached hydrogens (tertiary/aromatic N) is 4. The summed E-state index contributed by atoms with van der Waals surface area (Å²) in [7, 11) is -8.82. The summed E-state index contributed by atoms with van der Waals surface area (Å²) in [6.45, 7) is 8.48. The second kappa shape index (κ2) is 20.8. The van der Waals surface area contributed by atoms with Gasteiger partial charge >= 0.3 is 41.5 Å². The average molecular weight is 957 g/mol. The van der Waals surface area contributed by atoms with Gasteiger partial charge in [0.1, 0.15) is 6.54 Å². The predicted molar refractivity (Wildman–Crippen MR) is 232 cm³/mol. The molecule has 2 saturated heterocycles. The molecule has 18 nitrogen and oxygen atoms in total. The average Bonchev–Trinajstić information content (AvgIpc) is 3.86. The van der Waals surface area contributed by atoms with Crippen molar-refractivity contribution >= 4 is 72.9 Å². The Bertz CT molecular complexity index is 2690. The zero-order valence-corrected chi connectivity index (χ0v) is 40.9. The van der Waals surface area contributed by atoms with Crippen LogP contribution >= 0.6 is 0 Å². The molecule has 0 N–H and O–H groups in total. The summed E-state index contributed by atoms with van der Waals surface area (Å²) >= 11 is 0. The third-order valence-corrected chi connectivity index (χ3v) is 13.2. The summed E-state index contributed by atoms with van der Waals surface area (Å²) in [5.74, 6) is -5.21. The van der Waals surface area contributed by atoms with Crippen molar-refractivity contribution in [3.05, 3.63) is 107 Å². The molecule has 0 saturated carbocycles. The standard InChI is InChI=1S/C45H50N4O14S2.Na/c1-44(2)32-28-30(42(54)62-48-38(50)20-21-39(48)51)16-18-34(32)46(24-10-12-26-64(56,57)58)36(44)14-8-6-5-7-9-15-37-45(3,4)33-29-31(43(55)63-49-40(52)22-23-41(49)53)17-19-35(33)47(37)25-11-13-27-65(59,60)61;/h5-9,14-19,28-29H,10-13,20-27H2,1-4H3,(H-,56,57,58,59,60,61);/q;+1/p-1. The molecule has 4 heterocycles. The number of carbonyl (C=O) groups is 6. The molecule has 0 aromatic heterocycles. The Hall–Kier alpha value is -5.09. The molecule has 21 heteroatoms. The van der Waals surface area contributed by atoms with Crippen LogP contribution in [0.15, 0.2) is 84.6 Å². The van der Waals surface area contributed by atoms with Crippen LogP contribution in [0.1, 0.15) is 111 Å². The maximum Gasteiger partial charge on any atom is 1.00 e. The van der Waals surface area contributed by atoms with Gasteiger partial charge in [0.05, 0.1) is 36.8 Å². The fourth-order valence-electron chi connectivity index (χ4n) is 8.26. The normalized spacial score (nSPS) is 18.7. The van der Waals surface area contributed by atoms with Crippen LogP contribution in [0.5, 0.6) is 0 Å². The van der Waals surface area contributed by atoms with Gasteiger partial charge in [0.25, 0.3) is 23.6 Å². The number of imide groups is 2. The van der Waals surface area contributed by atoms with Gasteiger partial charge in [-0.3, -0.25) is 19.2 Å². The Balaban J connectivity index is 0.00000817. The van der Waals surface area contributed by atoms with Crippen LogP contribution < -0.4 is 34.5 Å². The third-order valence-electron chi connectivity index (χ3n) is 11.6. The van der Waals surface area contributed by atoms with Gasteiger partial charge in [0.15, 0.2) is 5.71 Å². The van der Waals surface area contributed by atoms with Crippen LogP contribution in [0.3, 0.4) is 0 Å². The Kier molecular flexibility index (Phi) is 16.4. The SMILES string of the molecule is CC1(C)C(/C=C/C=C/C=C/C=C2/N(CCCCS(=O)(=O)[O-])c3ccc(C(=O)ON4C(=O)CCC4=O)cc3C2(C)C)=[N+](CCCCS(=O)(=O)[O-])c2ccc(C(=O)ON3C(=O)CCC3=O)cc21.[Na+]. The predicted octanol–water partition coefficient (Wildman–Crippen LogP) is 1.51. The van der Waals surface area contributed by atoms with Crippen LogP contribution in [-0.4, -0.2) is 107 Å². The van der Waals surface area contributed by atoms with Crippen LogP contribution in [-0.2, 0) is 59.9 Å². The number of hydroxylamine groups is 4. The van der Waals surface area contributed by atoms with E-state index >= 15 is 0 Å². The minimum absolute atomic E-state index is 0. The van der Waals surface area contributed by atoms with Crippen LogP contribution in [0, 0.1) is 0 Å². The minimum atomic E-state index is -4.41. The molecule has 2 aromatic carbocycles. The van der Waals surface area contributed by atoms with Crippen LogP contribution in [0.4, 0.5) is 11.4 Å².